The molecule has 0 aliphatic carbocycles. The number of oxazole rings is 1. The number of rotatable bonds is 4. The third kappa shape index (κ3) is 3.42. The van der Waals surface area contributed by atoms with Crippen molar-refractivity contribution in [1.29, 1.82) is 0 Å². The van der Waals surface area contributed by atoms with Gasteiger partial charge < -0.3 is 19.3 Å². The molecule has 2 aliphatic rings. The molecule has 0 saturated heterocycles. The molecule has 0 N–H and O–H groups in total. The highest BCUT2D eigenvalue weighted by Crippen LogP contribution is 2.33. The van der Waals surface area contributed by atoms with Crippen molar-refractivity contribution in [2.24, 2.45) is 0 Å². The fourth-order valence-corrected chi connectivity index (χ4v) is 4.02. The minimum atomic E-state index is -1.54. The van der Waals surface area contributed by atoms with Crippen molar-refractivity contribution in [2.45, 2.75) is 32.0 Å². The topological polar surface area (TPSA) is 99.5 Å². The van der Waals surface area contributed by atoms with Gasteiger partial charge in [-0.25, -0.2) is 18.2 Å². The number of hydrogen-bond donors (Lipinski definition) is 0. The third-order valence-electron chi connectivity index (χ3n) is 5.36. The second-order valence-electron chi connectivity index (χ2n) is 7.92. The molecule has 0 radical (unpaired) electrons. The van der Waals surface area contributed by atoms with Crippen molar-refractivity contribution in [3.63, 3.8) is 0 Å². The lowest BCUT2D eigenvalue weighted by atomic mass is 10.0. The number of benzene rings is 1. The molecule has 0 saturated carbocycles. The van der Waals surface area contributed by atoms with Crippen molar-refractivity contribution in [3.05, 3.63) is 57.3 Å². The van der Waals surface area contributed by atoms with Crippen molar-refractivity contribution in [2.75, 3.05) is 13.1 Å². The third-order valence-corrected chi connectivity index (χ3v) is 5.36. The van der Waals surface area contributed by atoms with E-state index in [4.69, 9.17) is 9.15 Å². The van der Waals surface area contributed by atoms with Crippen LogP contribution in [0.4, 0.5) is 19.0 Å². The van der Waals surface area contributed by atoms with E-state index in [1.807, 2.05) is 6.92 Å². The molecular formula is C19H16F3N5O4. The summed E-state index contributed by atoms with van der Waals surface area (Å²) in [6.07, 6.45) is 1.90. The van der Waals surface area contributed by atoms with Crippen LogP contribution in [-0.2, 0) is 19.5 Å². The number of nitro groups is 1. The van der Waals surface area contributed by atoms with Gasteiger partial charge in [0.15, 0.2) is 17.5 Å². The summed E-state index contributed by atoms with van der Waals surface area (Å²) < 4.78 is 53.5. The Morgan fingerprint density at radius 2 is 2.00 bits per heavy atom. The van der Waals surface area contributed by atoms with Crippen LogP contribution in [0.5, 0.6) is 6.01 Å². The first-order valence-corrected chi connectivity index (χ1v) is 9.47. The second kappa shape index (κ2) is 6.80. The van der Waals surface area contributed by atoms with E-state index >= 15 is 0 Å². The lowest BCUT2D eigenvalue weighted by Gasteiger charge is -2.32. The molecule has 0 fully saturated rings. The maximum Gasteiger partial charge on any atom is 0.415 e. The summed E-state index contributed by atoms with van der Waals surface area (Å²) in [7, 11) is 0. The lowest BCUT2D eigenvalue weighted by molar-refractivity contribution is -0.389. The minimum absolute atomic E-state index is 0.0236. The zero-order valence-corrected chi connectivity index (χ0v) is 16.3. The molecule has 0 unspecified atom stereocenters. The highest BCUT2D eigenvalue weighted by Gasteiger charge is 2.42. The number of halogens is 3. The Bertz CT molecular complexity index is 1160. The summed E-state index contributed by atoms with van der Waals surface area (Å²) in [5.41, 5.74) is 0.0639. The first-order valence-electron chi connectivity index (χ1n) is 9.47. The van der Waals surface area contributed by atoms with E-state index in [1.54, 1.807) is 4.57 Å². The highest BCUT2D eigenvalue weighted by molar-refractivity contribution is 5.54. The van der Waals surface area contributed by atoms with Gasteiger partial charge in [0.25, 0.3) is 0 Å². The van der Waals surface area contributed by atoms with Crippen LogP contribution in [-0.4, -0.2) is 43.0 Å². The average Bonchev–Trinajstić information content (AvgIpc) is 3.36. The number of fused-ring (bicyclic) bond motifs is 2. The molecule has 31 heavy (non-hydrogen) atoms. The fraction of sp³-hybridized carbons (Fsp3) is 0.368. The summed E-state index contributed by atoms with van der Waals surface area (Å²) in [6.45, 7) is 3.84. The molecule has 9 nitrogen and oxygen atoms in total. The molecule has 162 valence electrons. The van der Waals surface area contributed by atoms with Crippen LogP contribution in [0.2, 0.25) is 0 Å². The van der Waals surface area contributed by atoms with E-state index in [-0.39, 0.29) is 23.3 Å². The summed E-state index contributed by atoms with van der Waals surface area (Å²) >= 11 is 0. The van der Waals surface area contributed by atoms with E-state index in [0.717, 1.165) is 12.1 Å². The summed E-state index contributed by atoms with van der Waals surface area (Å²) in [5, 5.41) is 10.8. The normalized spacial score (nSPS) is 20.4. The lowest BCUT2D eigenvalue weighted by Crippen LogP contribution is -2.46. The van der Waals surface area contributed by atoms with Gasteiger partial charge in [0.1, 0.15) is 17.6 Å². The van der Waals surface area contributed by atoms with Gasteiger partial charge in [0.05, 0.1) is 18.8 Å². The van der Waals surface area contributed by atoms with E-state index in [2.05, 4.69) is 14.9 Å². The monoisotopic (exact) mass is 435 g/mol. The van der Waals surface area contributed by atoms with Crippen LogP contribution in [0.15, 0.2) is 22.7 Å². The van der Waals surface area contributed by atoms with E-state index in [9.17, 15) is 23.3 Å². The standard InChI is InChI=1S/C19H16F3N5O4/c1-19(9-26-7-15(27(28)29)24-18(26)31-19)8-25-3-2-13-14(6-25)30-17(23-13)10-4-11(20)16(22)12(21)5-10/h4-5,7H,2-3,6,8-9H2,1H3/t19-/m0/s1. The van der Waals surface area contributed by atoms with Crippen molar-refractivity contribution in [1.82, 2.24) is 19.4 Å². The average molecular weight is 435 g/mol. The second-order valence-corrected chi connectivity index (χ2v) is 7.92. The smallest absolute Gasteiger partial charge is 0.415 e. The maximum absolute atomic E-state index is 13.5. The Balaban J connectivity index is 1.30. The molecule has 1 aromatic carbocycles. The Labute approximate surface area is 173 Å². The Hall–Kier alpha value is -3.41. The van der Waals surface area contributed by atoms with Gasteiger partial charge in [-0.15, -0.1) is 0 Å². The fourth-order valence-electron chi connectivity index (χ4n) is 4.02. The Kier molecular flexibility index (Phi) is 4.29. The van der Waals surface area contributed by atoms with E-state index in [1.165, 1.54) is 6.20 Å². The molecule has 12 heteroatoms. The van der Waals surface area contributed by atoms with Crippen LogP contribution < -0.4 is 4.74 Å². The summed E-state index contributed by atoms with van der Waals surface area (Å²) in [5.74, 6) is -3.83. The van der Waals surface area contributed by atoms with Crippen molar-refractivity contribution in [3.8, 4) is 17.5 Å². The molecule has 5 rings (SSSR count). The van der Waals surface area contributed by atoms with Crippen molar-refractivity contribution >= 4 is 5.82 Å². The van der Waals surface area contributed by atoms with Gasteiger partial charge in [-0.05, 0) is 24.0 Å². The SMILES string of the molecule is C[C@]1(CN2CCc3nc(-c4cc(F)c(F)c(F)c4)oc3C2)Cn2cc([N+](=O)[O-])nc2O1. The largest absolute Gasteiger partial charge is 0.440 e. The number of imidazole rings is 1. The van der Waals surface area contributed by atoms with Gasteiger partial charge in [0.2, 0.25) is 5.89 Å². The van der Waals surface area contributed by atoms with Gasteiger partial charge in [-0.2, -0.15) is 0 Å². The van der Waals surface area contributed by atoms with E-state index in [0.29, 0.717) is 44.1 Å². The van der Waals surface area contributed by atoms with Gasteiger partial charge in [-0.1, -0.05) is 0 Å². The molecule has 0 spiro atoms. The molecule has 1 atom stereocenters. The molecule has 0 bridgehead atoms. The first kappa shape index (κ1) is 19.5. The number of aromatic nitrogens is 3. The Morgan fingerprint density at radius 1 is 1.26 bits per heavy atom. The summed E-state index contributed by atoms with van der Waals surface area (Å²) in [4.78, 5) is 20.5. The predicted octanol–water partition coefficient (Wildman–Crippen LogP) is 3.07. The molecule has 3 aromatic rings. The van der Waals surface area contributed by atoms with Crippen molar-refractivity contribution < 1.29 is 27.2 Å². The maximum atomic E-state index is 13.5. The predicted molar refractivity (Wildman–Crippen MR) is 98.7 cm³/mol. The molecule has 2 aliphatic heterocycles. The number of hydrogen-bond acceptors (Lipinski definition) is 7. The quantitative estimate of drug-likeness (QED) is 0.353. The molecule has 4 heterocycles. The number of nitrogens with zero attached hydrogens (tertiary/aromatic N) is 5. The van der Waals surface area contributed by atoms with E-state index < -0.39 is 28.0 Å². The van der Waals surface area contributed by atoms with Gasteiger partial charge >= 0.3 is 11.8 Å². The van der Waals surface area contributed by atoms with Gasteiger partial charge in [-0.3, -0.25) is 9.47 Å². The Morgan fingerprint density at radius 3 is 2.68 bits per heavy atom. The van der Waals surface area contributed by atoms with Crippen LogP contribution in [0.3, 0.4) is 0 Å². The van der Waals surface area contributed by atoms with Crippen LogP contribution in [0, 0.1) is 27.6 Å². The van der Waals surface area contributed by atoms with Crippen LogP contribution >= 0.6 is 0 Å². The zero-order valence-electron chi connectivity index (χ0n) is 16.3. The molecule has 0 amide bonds. The summed E-state index contributed by atoms with van der Waals surface area (Å²) in [6, 6.07) is 1.90. The molecule has 2 aromatic heterocycles. The van der Waals surface area contributed by atoms with Gasteiger partial charge in [0, 0.05) is 30.1 Å². The highest BCUT2D eigenvalue weighted by atomic mass is 19.2. The number of ether oxygens (including phenoxy) is 1. The first-order chi connectivity index (χ1) is 14.7. The molecular weight excluding hydrogens is 419 g/mol. The van der Waals surface area contributed by atoms with Crippen LogP contribution in [0.25, 0.3) is 11.5 Å². The van der Waals surface area contributed by atoms with Crippen LogP contribution in [0.1, 0.15) is 18.4 Å². The zero-order chi connectivity index (χ0) is 21.9. The minimum Gasteiger partial charge on any atom is -0.440 e.